The first-order valence-electron chi connectivity index (χ1n) is 11.2. The molecule has 0 heterocycles. The number of amides is 7. The summed E-state index contributed by atoms with van der Waals surface area (Å²) in [6.07, 6.45) is -2.39. The average molecular weight is 531 g/mol. The van der Waals surface area contributed by atoms with Crippen LogP contribution in [-0.4, -0.2) is 76.6 Å². The quantitative estimate of drug-likeness (QED) is 0.0764. The van der Waals surface area contributed by atoms with Crippen molar-refractivity contribution in [3.63, 3.8) is 0 Å². The second kappa shape index (κ2) is 16.4. The molecule has 0 spiro atoms. The van der Waals surface area contributed by atoms with Crippen molar-refractivity contribution < 1.29 is 43.5 Å². The van der Waals surface area contributed by atoms with Crippen molar-refractivity contribution >= 4 is 47.3 Å². The highest BCUT2D eigenvalue weighted by molar-refractivity contribution is 5.94. The fraction of sp³-hybridized carbons (Fsp3) is 0.600. The van der Waals surface area contributed by atoms with Crippen molar-refractivity contribution in [2.24, 2.45) is 28.7 Å². The molecule has 0 fully saturated rings. The molecule has 0 saturated heterocycles. The summed E-state index contributed by atoms with van der Waals surface area (Å²) in [5.41, 5.74) is 25.9. The van der Waals surface area contributed by atoms with Gasteiger partial charge in [0.25, 0.3) is 0 Å². The zero-order valence-corrected chi connectivity index (χ0v) is 20.1. The predicted octanol–water partition coefficient (Wildman–Crippen LogP) is -5.09. The number of nitrogens with two attached hydrogens (primary N) is 5. The lowest BCUT2D eigenvalue weighted by Gasteiger charge is -2.25. The fourth-order valence-corrected chi connectivity index (χ4v) is 2.91. The number of rotatable bonds is 19. The van der Waals surface area contributed by atoms with Gasteiger partial charge in [-0.2, -0.15) is 0 Å². The molecule has 0 aromatic heterocycles. The van der Waals surface area contributed by atoms with Crippen LogP contribution in [0.5, 0.6) is 0 Å². The number of hydrogen-bond acceptors (Lipinski definition) is 9. The largest absolute Gasteiger partial charge is 0.480 e. The molecule has 0 aliphatic rings. The third-order valence-electron chi connectivity index (χ3n) is 4.96. The number of carbonyl (C=O) groups excluding carboxylic acids is 7. The molecular formula is C20H34N8O9. The van der Waals surface area contributed by atoms with E-state index in [1.54, 1.807) is 0 Å². The number of carbonyl (C=O) groups is 8. The number of nitrogens with one attached hydrogen (secondary N) is 3. The van der Waals surface area contributed by atoms with Gasteiger partial charge in [-0.1, -0.05) is 0 Å². The van der Waals surface area contributed by atoms with E-state index in [0.29, 0.717) is 0 Å². The highest BCUT2D eigenvalue weighted by atomic mass is 16.4. The first-order chi connectivity index (χ1) is 17.1. The van der Waals surface area contributed by atoms with Crippen molar-refractivity contribution in [2.75, 3.05) is 0 Å². The third-order valence-corrected chi connectivity index (χ3v) is 4.96. The molecule has 208 valence electrons. The molecule has 0 aliphatic carbocycles. The molecule has 0 radical (unpaired) electrons. The first-order valence-corrected chi connectivity index (χ1v) is 11.2. The van der Waals surface area contributed by atoms with E-state index >= 15 is 0 Å². The van der Waals surface area contributed by atoms with E-state index in [4.69, 9.17) is 28.7 Å². The Morgan fingerprint density at radius 1 is 0.514 bits per heavy atom. The molecule has 0 aromatic carbocycles. The predicted molar refractivity (Wildman–Crippen MR) is 125 cm³/mol. The van der Waals surface area contributed by atoms with Crippen LogP contribution >= 0.6 is 0 Å². The zero-order chi connectivity index (χ0) is 28.7. The van der Waals surface area contributed by atoms with Crippen molar-refractivity contribution in [3.8, 4) is 0 Å². The Labute approximate surface area is 211 Å². The van der Waals surface area contributed by atoms with Gasteiger partial charge in [0.15, 0.2) is 0 Å². The standard InChI is InChI=1S/C20H34N8O9/c21-9(1-5-13(22)29)17(33)26-10(2-6-14(23)30)18(34)27-11(3-7-15(24)31)19(35)28-12(20(36)37)4-8-16(25)32/h9-12H,1-8,21H2,(H2,22,29)(H2,23,30)(H2,24,31)(H2,25,32)(H,26,33)(H,27,34)(H,28,35)(H,36,37). The van der Waals surface area contributed by atoms with E-state index in [9.17, 15) is 43.5 Å². The lowest BCUT2D eigenvalue weighted by Crippen LogP contribution is -2.57. The molecule has 4 atom stereocenters. The van der Waals surface area contributed by atoms with Crippen LogP contribution in [0.4, 0.5) is 0 Å². The van der Waals surface area contributed by atoms with Gasteiger partial charge in [0, 0.05) is 25.7 Å². The van der Waals surface area contributed by atoms with Gasteiger partial charge in [-0.05, 0) is 25.7 Å². The maximum Gasteiger partial charge on any atom is 0.326 e. The molecule has 0 bridgehead atoms. The minimum Gasteiger partial charge on any atom is -0.480 e. The van der Waals surface area contributed by atoms with Gasteiger partial charge in [0.2, 0.25) is 41.4 Å². The Hall–Kier alpha value is -4.28. The summed E-state index contributed by atoms with van der Waals surface area (Å²) in [5.74, 6) is -7.48. The summed E-state index contributed by atoms with van der Waals surface area (Å²) in [7, 11) is 0. The molecule has 17 nitrogen and oxygen atoms in total. The average Bonchev–Trinajstić information content (AvgIpc) is 2.79. The van der Waals surface area contributed by atoms with Crippen molar-refractivity contribution in [1.82, 2.24) is 16.0 Å². The van der Waals surface area contributed by atoms with Crippen LogP contribution in [0, 0.1) is 0 Å². The summed E-state index contributed by atoms with van der Waals surface area (Å²) in [4.78, 5) is 93.8. The second-order valence-corrected chi connectivity index (χ2v) is 8.15. The minimum atomic E-state index is -1.54. The van der Waals surface area contributed by atoms with Gasteiger partial charge in [0.1, 0.15) is 18.1 Å². The molecule has 0 aliphatic heterocycles. The molecule has 0 rings (SSSR count). The molecule has 4 unspecified atom stereocenters. The van der Waals surface area contributed by atoms with Gasteiger partial charge < -0.3 is 49.7 Å². The highest BCUT2D eigenvalue weighted by Gasteiger charge is 2.30. The molecule has 17 heteroatoms. The van der Waals surface area contributed by atoms with Crippen LogP contribution in [-0.2, 0) is 38.4 Å². The second-order valence-electron chi connectivity index (χ2n) is 8.15. The van der Waals surface area contributed by atoms with Gasteiger partial charge in [0.05, 0.1) is 6.04 Å². The van der Waals surface area contributed by atoms with E-state index in [2.05, 4.69) is 16.0 Å². The summed E-state index contributed by atoms with van der Waals surface area (Å²) < 4.78 is 0. The monoisotopic (exact) mass is 530 g/mol. The number of primary amides is 4. The van der Waals surface area contributed by atoms with Crippen LogP contribution in [0.1, 0.15) is 51.4 Å². The highest BCUT2D eigenvalue weighted by Crippen LogP contribution is 2.06. The van der Waals surface area contributed by atoms with Crippen LogP contribution < -0.4 is 44.6 Å². The van der Waals surface area contributed by atoms with Crippen molar-refractivity contribution in [3.05, 3.63) is 0 Å². The van der Waals surface area contributed by atoms with Crippen LogP contribution in [0.25, 0.3) is 0 Å². The number of carboxylic acid groups (broad SMARTS) is 1. The zero-order valence-electron chi connectivity index (χ0n) is 20.1. The third kappa shape index (κ3) is 14.7. The molecule has 37 heavy (non-hydrogen) atoms. The topological polar surface area (TPSA) is 323 Å². The van der Waals surface area contributed by atoms with E-state index in [0.717, 1.165) is 0 Å². The van der Waals surface area contributed by atoms with Gasteiger partial charge in [-0.15, -0.1) is 0 Å². The molecule has 0 saturated carbocycles. The SMILES string of the molecule is NC(=O)CCC(N)C(=O)NC(CCC(N)=O)C(=O)NC(CCC(N)=O)C(=O)NC(CCC(N)=O)C(=O)O. The molecule has 14 N–H and O–H groups in total. The van der Waals surface area contributed by atoms with E-state index in [-0.39, 0.29) is 51.4 Å². The minimum absolute atomic E-state index is 0.128. The Morgan fingerprint density at radius 3 is 1.16 bits per heavy atom. The van der Waals surface area contributed by atoms with E-state index in [1.807, 2.05) is 0 Å². The number of hydrogen-bond donors (Lipinski definition) is 9. The first kappa shape index (κ1) is 32.7. The van der Waals surface area contributed by atoms with E-state index in [1.165, 1.54) is 0 Å². The van der Waals surface area contributed by atoms with Crippen molar-refractivity contribution in [1.29, 1.82) is 0 Å². The number of carboxylic acids is 1. The van der Waals surface area contributed by atoms with E-state index < -0.39 is 71.5 Å². The molecule has 7 amide bonds. The van der Waals surface area contributed by atoms with Gasteiger partial charge in [-0.25, -0.2) is 4.79 Å². The summed E-state index contributed by atoms with van der Waals surface area (Å²) in [6, 6.07) is -5.69. The lowest BCUT2D eigenvalue weighted by atomic mass is 10.0. The normalized spacial score (nSPS) is 13.8. The molecular weight excluding hydrogens is 496 g/mol. The van der Waals surface area contributed by atoms with Crippen LogP contribution in [0.2, 0.25) is 0 Å². The summed E-state index contributed by atoms with van der Waals surface area (Å²) in [5, 5.41) is 16.0. The smallest absolute Gasteiger partial charge is 0.326 e. The van der Waals surface area contributed by atoms with Crippen LogP contribution in [0.3, 0.4) is 0 Å². The maximum atomic E-state index is 12.9. The number of aliphatic carboxylic acids is 1. The Morgan fingerprint density at radius 2 is 0.811 bits per heavy atom. The Bertz CT molecular complexity index is 895. The van der Waals surface area contributed by atoms with Crippen LogP contribution in [0.15, 0.2) is 0 Å². The Balaban J connectivity index is 5.64. The van der Waals surface area contributed by atoms with Gasteiger partial charge in [-0.3, -0.25) is 33.6 Å². The van der Waals surface area contributed by atoms with Crippen molar-refractivity contribution in [2.45, 2.75) is 75.5 Å². The fourth-order valence-electron chi connectivity index (χ4n) is 2.91. The Kier molecular flexibility index (Phi) is 14.5. The maximum absolute atomic E-state index is 12.9. The lowest BCUT2D eigenvalue weighted by molar-refractivity contribution is -0.142. The molecule has 0 aromatic rings. The summed E-state index contributed by atoms with van der Waals surface area (Å²) >= 11 is 0. The summed E-state index contributed by atoms with van der Waals surface area (Å²) in [6.45, 7) is 0. The van der Waals surface area contributed by atoms with Gasteiger partial charge >= 0.3 is 5.97 Å².